The molecule has 0 atom stereocenters. The Morgan fingerprint density at radius 3 is 2.57 bits per heavy atom. The van der Waals surface area contributed by atoms with Crippen LogP contribution in [0.15, 0.2) is 24.9 Å². The monoisotopic (exact) mass is 194 g/mol. The Balaban J connectivity index is 2.38. The molecule has 1 heterocycles. The predicted molar refractivity (Wildman–Crippen MR) is 57.7 cm³/mol. The van der Waals surface area contributed by atoms with Gasteiger partial charge in [0.25, 0.3) is 0 Å². The van der Waals surface area contributed by atoms with Gasteiger partial charge in [0.15, 0.2) is 0 Å². The summed E-state index contributed by atoms with van der Waals surface area (Å²) in [5.74, 6) is 0.228. The highest BCUT2D eigenvalue weighted by atomic mass is 16.1. The van der Waals surface area contributed by atoms with E-state index in [9.17, 15) is 4.79 Å². The minimum Gasteiger partial charge on any atom is -0.326 e. The van der Waals surface area contributed by atoms with E-state index < -0.39 is 0 Å². The van der Waals surface area contributed by atoms with Gasteiger partial charge in [0.05, 0.1) is 0 Å². The van der Waals surface area contributed by atoms with E-state index in [-0.39, 0.29) is 11.8 Å². The Morgan fingerprint density at radius 2 is 2.07 bits per heavy atom. The number of carbonyl (C=O) groups excluding carboxylic acids is 1. The molecule has 3 nitrogen and oxygen atoms in total. The van der Waals surface area contributed by atoms with Crippen molar-refractivity contribution in [2.24, 2.45) is 5.92 Å². The Kier molecular flexibility index (Phi) is 3.89. The van der Waals surface area contributed by atoms with Gasteiger partial charge in [0, 0.05) is 11.6 Å². The molecule has 0 unspecified atom stereocenters. The van der Waals surface area contributed by atoms with Crippen LogP contribution in [0.2, 0.25) is 0 Å². The number of likely N-dealkylation sites (tertiary alicyclic amines) is 1. The highest BCUT2D eigenvalue weighted by Gasteiger charge is 2.22. The lowest BCUT2D eigenvalue weighted by Crippen LogP contribution is -2.38. The second-order valence-corrected chi connectivity index (χ2v) is 3.80. The van der Waals surface area contributed by atoms with Crippen LogP contribution in [-0.2, 0) is 4.79 Å². The molecular formula is C11H18N2O. The molecule has 0 bridgehead atoms. The Hall–Kier alpha value is -1.09. The minimum absolute atomic E-state index is 0.0861. The van der Waals surface area contributed by atoms with Crippen LogP contribution in [-0.4, -0.2) is 30.9 Å². The topological polar surface area (TPSA) is 32.3 Å². The Labute approximate surface area is 85.5 Å². The van der Waals surface area contributed by atoms with E-state index in [4.69, 9.17) is 0 Å². The summed E-state index contributed by atoms with van der Waals surface area (Å²) in [5.41, 5.74) is 0.592. The smallest absolute Gasteiger partial charge is 0.227 e. The van der Waals surface area contributed by atoms with E-state index in [2.05, 4.69) is 30.4 Å². The summed E-state index contributed by atoms with van der Waals surface area (Å²) in [4.78, 5) is 13.9. The average molecular weight is 194 g/mol. The predicted octanol–water partition coefficient (Wildman–Crippen LogP) is 1.14. The SMILES string of the molecule is C=CC(=C)NC(=O)C1CCN(C)CC1. The number of rotatable bonds is 3. The summed E-state index contributed by atoms with van der Waals surface area (Å²) in [6, 6.07) is 0. The van der Waals surface area contributed by atoms with Gasteiger partial charge in [0.2, 0.25) is 5.91 Å². The Morgan fingerprint density at radius 1 is 1.50 bits per heavy atom. The normalized spacial score (nSPS) is 18.9. The van der Waals surface area contributed by atoms with Crippen molar-refractivity contribution in [2.45, 2.75) is 12.8 Å². The van der Waals surface area contributed by atoms with Gasteiger partial charge < -0.3 is 10.2 Å². The van der Waals surface area contributed by atoms with E-state index >= 15 is 0 Å². The molecule has 1 rings (SSSR count). The van der Waals surface area contributed by atoms with Crippen molar-refractivity contribution in [1.29, 1.82) is 0 Å². The maximum absolute atomic E-state index is 11.6. The maximum Gasteiger partial charge on any atom is 0.227 e. The first-order valence-corrected chi connectivity index (χ1v) is 4.94. The number of amides is 1. The van der Waals surface area contributed by atoms with Gasteiger partial charge in [0.1, 0.15) is 0 Å². The summed E-state index contributed by atoms with van der Waals surface area (Å²) in [6.07, 6.45) is 3.44. The molecule has 1 fully saturated rings. The lowest BCUT2D eigenvalue weighted by atomic mass is 9.96. The van der Waals surface area contributed by atoms with E-state index in [1.54, 1.807) is 6.08 Å². The molecule has 0 radical (unpaired) electrons. The number of carbonyl (C=O) groups is 1. The summed E-state index contributed by atoms with van der Waals surface area (Å²) in [5, 5.41) is 2.74. The quantitative estimate of drug-likeness (QED) is 0.683. The second-order valence-electron chi connectivity index (χ2n) is 3.80. The largest absolute Gasteiger partial charge is 0.326 e. The third kappa shape index (κ3) is 3.00. The second kappa shape index (κ2) is 4.96. The van der Waals surface area contributed by atoms with Gasteiger partial charge in [-0.25, -0.2) is 0 Å². The first-order chi connectivity index (χ1) is 6.63. The van der Waals surface area contributed by atoms with E-state index in [0.717, 1.165) is 25.9 Å². The van der Waals surface area contributed by atoms with Crippen LogP contribution < -0.4 is 5.32 Å². The third-order valence-corrected chi connectivity index (χ3v) is 2.62. The molecule has 1 saturated heterocycles. The minimum atomic E-state index is 0.0861. The van der Waals surface area contributed by atoms with Crippen LogP contribution in [0.1, 0.15) is 12.8 Å². The van der Waals surface area contributed by atoms with Crippen LogP contribution in [0.5, 0.6) is 0 Å². The fraction of sp³-hybridized carbons (Fsp3) is 0.545. The van der Waals surface area contributed by atoms with Crippen molar-refractivity contribution in [3.63, 3.8) is 0 Å². The zero-order valence-electron chi connectivity index (χ0n) is 8.75. The van der Waals surface area contributed by atoms with Crippen molar-refractivity contribution in [3.05, 3.63) is 24.9 Å². The molecule has 0 aliphatic carbocycles. The number of piperidine rings is 1. The van der Waals surface area contributed by atoms with Crippen LogP contribution in [0.3, 0.4) is 0 Å². The molecule has 0 saturated carbocycles. The van der Waals surface area contributed by atoms with Gasteiger partial charge in [-0.2, -0.15) is 0 Å². The molecule has 0 aromatic heterocycles. The first kappa shape index (κ1) is 11.0. The molecule has 1 N–H and O–H groups in total. The van der Waals surface area contributed by atoms with E-state index in [1.165, 1.54) is 0 Å². The molecular weight excluding hydrogens is 176 g/mol. The standard InChI is InChI=1S/C11H18N2O/c1-4-9(2)12-11(14)10-5-7-13(3)8-6-10/h4,10H,1-2,5-8H2,3H3,(H,12,14). The number of nitrogens with one attached hydrogen (secondary N) is 1. The zero-order valence-corrected chi connectivity index (χ0v) is 8.75. The molecule has 1 aliphatic rings. The van der Waals surface area contributed by atoms with Crippen LogP contribution in [0.4, 0.5) is 0 Å². The van der Waals surface area contributed by atoms with E-state index in [0.29, 0.717) is 5.70 Å². The van der Waals surface area contributed by atoms with Crippen molar-refractivity contribution < 1.29 is 4.79 Å². The lowest BCUT2D eigenvalue weighted by Gasteiger charge is -2.28. The fourth-order valence-electron chi connectivity index (χ4n) is 1.58. The molecule has 0 spiro atoms. The van der Waals surface area contributed by atoms with E-state index in [1.807, 2.05) is 0 Å². The van der Waals surface area contributed by atoms with Crippen molar-refractivity contribution in [1.82, 2.24) is 10.2 Å². The number of hydrogen-bond acceptors (Lipinski definition) is 2. The van der Waals surface area contributed by atoms with Gasteiger partial charge >= 0.3 is 0 Å². The average Bonchev–Trinajstić information content (AvgIpc) is 2.18. The Bertz CT molecular complexity index is 240. The molecule has 78 valence electrons. The lowest BCUT2D eigenvalue weighted by molar-refractivity contribution is -0.125. The highest BCUT2D eigenvalue weighted by Crippen LogP contribution is 2.16. The number of nitrogens with zero attached hydrogens (tertiary/aromatic N) is 1. The van der Waals surface area contributed by atoms with Crippen molar-refractivity contribution in [3.8, 4) is 0 Å². The zero-order chi connectivity index (χ0) is 10.6. The molecule has 14 heavy (non-hydrogen) atoms. The first-order valence-electron chi connectivity index (χ1n) is 4.94. The summed E-state index contributed by atoms with van der Waals surface area (Å²) >= 11 is 0. The maximum atomic E-state index is 11.6. The summed E-state index contributed by atoms with van der Waals surface area (Å²) in [6.45, 7) is 9.21. The highest BCUT2D eigenvalue weighted by molar-refractivity contribution is 5.80. The number of hydrogen-bond donors (Lipinski definition) is 1. The fourth-order valence-corrected chi connectivity index (χ4v) is 1.58. The van der Waals surface area contributed by atoms with Crippen molar-refractivity contribution >= 4 is 5.91 Å². The molecule has 1 amide bonds. The van der Waals surface area contributed by atoms with Crippen LogP contribution in [0.25, 0.3) is 0 Å². The van der Waals surface area contributed by atoms with Crippen LogP contribution >= 0.6 is 0 Å². The van der Waals surface area contributed by atoms with Gasteiger partial charge in [-0.15, -0.1) is 0 Å². The third-order valence-electron chi connectivity index (χ3n) is 2.62. The molecule has 3 heteroatoms. The molecule has 0 aromatic rings. The number of allylic oxidation sites excluding steroid dienone is 1. The summed E-state index contributed by atoms with van der Waals surface area (Å²) in [7, 11) is 2.08. The van der Waals surface area contributed by atoms with Crippen LogP contribution in [0, 0.1) is 5.92 Å². The summed E-state index contributed by atoms with van der Waals surface area (Å²) < 4.78 is 0. The van der Waals surface area contributed by atoms with Gasteiger partial charge in [-0.1, -0.05) is 13.2 Å². The van der Waals surface area contributed by atoms with Gasteiger partial charge in [-0.3, -0.25) is 4.79 Å². The van der Waals surface area contributed by atoms with Gasteiger partial charge in [-0.05, 0) is 39.1 Å². The molecule has 1 aliphatic heterocycles. The van der Waals surface area contributed by atoms with Crippen molar-refractivity contribution in [2.75, 3.05) is 20.1 Å². The molecule has 0 aromatic carbocycles.